The highest BCUT2D eigenvalue weighted by Crippen LogP contribution is 2.28. The summed E-state index contributed by atoms with van der Waals surface area (Å²) in [7, 11) is 0. The molecule has 5 N–H and O–H groups in total. The first-order chi connectivity index (χ1) is 16.3. The molecule has 1 atom stereocenters. The molecule has 0 radical (unpaired) electrons. The number of amides is 2. The van der Waals surface area contributed by atoms with Crippen molar-refractivity contribution in [1.29, 1.82) is 0 Å². The number of carbonyl (C=O) groups excluding carboxylic acids is 2. The Labute approximate surface area is 195 Å². The van der Waals surface area contributed by atoms with Crippen molar-refractivity contribution >= 4 is 23.3 Å². The van der Waals surface area contributed by atoms with Crippen molar-refractivity contribution in [2.45, 2.75) is 19.2 Å². The molecule has 184 valence electrons. The summed E-state index contributed by atoms with van der Waals surface area (Å²) in [5.74, 6) is -4.12. The van der Waals surface area contributed by atoms with Crippen molar-refractivity contribution in [1.82, 2.24) is 10.3 Å². The number of carbonyl (C=O) groups is 2. The number of hydrogen-bond acceptors (Lipinski definition) is 5. The number of nitrogen functional groups attached to an aromatic ring is 1. The van der Waals surface area contributed by atoms with Crippen LogP contribution in [0.1, 0.15) is 27.6 Å². The van der Waals surface area contributed by atoms with Gasteiger partial charge in [-0.25, -0.2) is 13.8 Å². The van der Waals surface area contributed by atoms with Crippen LogP contribution in [0, 0.1) is 18.6 Å². The summed E-state index contributed by atoms with van der Waals surface area (Å²) in [4.78, 5) is 28.3. The lowest BCUT2D eigenvalue weighted by molar-refractivity contribution is -0.124. The molecular weight excluding hydrogens is 475 g/mol. The van der Waals surface area contributed by atoms with Gasteiger partial charge in [0.2, 0.25) is 0 Å². The number of alkyl halides is 3. The number of halogens is 5. The zero-order valence-electron chi connectivity index (χ0n) is 18.1. The molecule has 12 heteroatoms. The molecule has 0 aliphatic rings. The maximum atomic E-state index is 13.4. The largest absolute Gasteiger partial charge is 0.405 e. The topological polar surface area (TPSA) is 117 Å². The minimum absolute atomic E-state index is 0.242. The number of anilines is 2. The molecule has 0 saturated carbocycles. The molecular formula is C23H19F5N4O3. The quantitative estimate of drug-likeness (QED) is 0.388. The fraction of sp³-hybridized carbons (Fsp3) is 0.174. The minimum Gasteiger partial charge on any atom is -0.383 e. The predicted octanol–water partition coefficient (Wildman–Crippen LogP) is 3.88. The number of aryl methyl sites for hydroxylation is 1. The maximum Gasteiger partial charge on any atom is 0.405 e. The number of benzene rings is 2. The third-order valence-electron chi connectivity index (χ3n) is 4.87. The third kappa shape index (κ3) is 6.51. The second-order valence-electron chi connectivity index (χ2n) is 7.58. The smallest absolute Gasteiger partial charge is 0.383 e. The number of nitrogens with two attached hydrogens (primary N) is 1. The Morgan fingerprint density at radius 3 is 2.34 bits per heavy atom. The first-order valence-electron chi connectivity index (χ1n) is 10.0. The van der Waals surface area contributed by atoms with Gasteiger partial charge in [-0.3, -0.25) is 9.59 Å². The zero-order chi connectivity index (χ0) is 25.9. The number of aliphatic hydroxyl groups is 1. The molecule has 2 aromatic carbocycles. The SMILES string of the molecule is Cc1cc(NC(=O)C(O)c2cc(F)cc(F)c2)ccc1-c1cnc(N)c(C(=O)NCC(F)(F)F)c1. The van der Waals surface area contributed by atoms with Crippen LogP contribution in [0.3, 0.4) is 0 Å². The van der Waals surface area contributed by atoms with Gasteiger partial charge in [0.25, 0.3) is 11.8 Å². The molecule has 0 saturated heterocycles. The van der Waals surface area contributed by atoms with Gasteiger partial charge in [-0.2, -0.15) is 13.2 Å². The number of rotatable bonds is 6. The standard InChI is InChI=1S/C23H19F5N4O3/c1-11-4-16(32-22(35)19(33)12-5-14(24)8-15(25)6-12)2-3-17(11)13-7-18(20(29)30-9-13)21(34)31-10-23(26,27)28/h2-9,19,33H,10H2,1H3,(H2,29,30)(H,31,34)(H,32,35). The average molecular weight is 494 g/mol. The summed E-state index contributed by atoms with van der Waals surface area (Å²) >= 11 is 0. The second kappa shape index (κ2) is 10.1. The predicted molar refractivity (Wildman–Crippen MR) is 117 cm³/mol. The van der Waals surface area contributed by atoms with E-state index in [0.29, 0.717) is 22.8 Å². The van der Waals surface area contributed by atoms with Gasteiger partial charge in [0.15, 0.2) is 6.10 Å². The first-order valence-corrected chi connectivity index (χ1v) is 10.0. The third-order valence-corrected chi connectivity index (χ3v) is 4.87. The molecule has 3 rings (SSSR count). The van der Waals surface area contributed by atoms with E-state index in [9.17, 15) is 36.6 Å². The van der Waals surface area contributed by atoms with Crippen LogP contribution < -0.4 is 16.4 Å². The van der Waals surface area contributed by atoms with E-state index in [2.05, 4.69) is 10.3 Å². The molecule has 3 aromatic rings. The van der Waals surface area contributed by atoms with E-state index in [0.717, 1.165) is 12.1 Å². The van der Waals surface area contributed by atoms with Crippen LogP contribution in [0.25, 0.3) is 11.1 Å². The van der Waals surface area contributed by atoms with Crippen LogP contribution in [-0.2, 0) is 4.79 Å². The van der Waals surface area contributed by atoms with E-state index in [-0.39, 0.29) is 22.6 Å². The van der Waals surface area contributed by atoms with E-state index in [1.165, 1.54) is 24.4 Å². The Balaban J connectivity index is 1.79. The van der Waals surface area contributed by atoms with E-state index in [1.807, 2.05) is 0 Å². The van der Waals surface area contributed by atoms with Gasteiger partial charge >= 0.3 is 6.18 Å². The molecule has 7 nitrogen and oxygen atoms in total. The summed E-state index contributed by atoms with van der Waals surface area (Å²) < 4.78 is 63.9. The lowest BCUT2D eigenvalue weighted by atomic mass is 9.99. The zero-order valence-corrected chi connectivity index (χ0v) is 18.1. The second-order valence-corrected chi connectivity index (χ2v) is 7.58. The average Bonchev–Trinajstić information content (AvgIpc) is 2.76. The molecule has 0 spiro atoms. The maximum absolute atomic E-state index is 13.4. The molecule has 0 aliphatic carbocycles. The van der Waals surface area contributed by atoms with Crippen molar-refractivity contribution in [3.05, 3.63) is 77.0 Å². The van der Waals surface area contributed by atoms with E-state index >= 15 is 0 Å². The fourth-order valence-electron chi connectivity index (χ4n) is 3.24. The van der Waals surface area contributed by atoms with E-state index in [4.69, 9.17) is 5.73 Å². The van der Waals surface area contributed by atoms with Gasteiger partial charge in [-0.1, -0.05) is 6.07 Å². The summed E-state index contributed by atoms with van der Waals surface area (Å²) in [6.07, 6.45) is -5.10. The Kier molecular flexibility index (Phi) is 7.34. The van der Waals surface area contributed by atoms with Crippen LogP contribution in [0.4, 0.5) is 33.5 Å². The molecule has 1 heterocycles. The Hall–Kier alpha value is -4.06. The van der Waals surface area contributed by atoms with Crippen LogP contribution in [-0.4, -0.2) is 34.6 Å². The highest BCUT2D eigenvalue weighted by Gasteiger charge is 2.28. The van der Waals surface area contributed by atoms with E-state index in [1.54, 1.807) is 18.3 Å². The fourth-order valence-corrected chi connectivity index (χ4v) is 3.24. The summed E-state index contributed by atoms with van der Waals surface area (Å²) in [5, 5.41) is 14.3. The van der Waals surface area contributed by atoms with Crippen molar-refractivity contribution in [2.75, 3.05) is 17.6 Å². The molecule has 35 heavy (non-hydrogen) atoms. The van der Waals surface area contributed by atoms with Gasteiger partial charge in [-0.15, -0.1) is 0 Å². The number of pyridine rings is 1. The highest BCUT2D eigenvalue weighted by molar-refractivity contribution is 5.99. The van der Waals surface area contributed by atoms with Crippen molar-refractivity contribution in [3.8, 4) is 11.1 Å². The van der Waals surface area contributed by atoms with E-state index < -0.39 is 42.3 Å². The molecule has 0 aliphatic heterocycles. The van der Waals surface area contributed by atoms with Crippen molar-refractivity contribution in [2.24, 2.45) is 0 Å². The Morgan fingerprint density at radius 1 is 1.09 bits per heavy atom. The van der Waals surface area contributed by atoms with Crippen molar-refractivity contribution < 1.29 is 36.6 Å². The van der Waals surface area contributed by atoms with Crippen LogP contribution in [0.2, 0.25) is 0 Å². The number of nitrogens with zero attached hydrogens (tertiary/aromatic N) is 1. The Morgan fingerprint density at radius 2 is 1.74 bits per heavy atom. The molecule has 1 aromatic heterocycles. The lowest BCUT2D eigenvalue weighted by Gasteiger charge is -2.14. The van der Waals surface area contributed by atoms with Gasteiger partial charge < -0.3 is 21.5 Å². The number of nitrogens with one attached hydrogen (secondary N) is 2. The molecule has 0 fully saturated rings. The van der Waals surface area contributed by atoms with Gasteiger partial charge in [0, 0.05) is 23.5 Å². The van der Waals surface area contributed by atoms with Crippen molar-refractivity contribution in [3.63, 3.8) is 0 Å². The van der Waals surface area contributed by atoms with Gasteiger partial charge in [0.1, 0.15) is 24.0 Å². The molecule has 1 unspecified atom stereocenters. The van der Waals surface area contributed by atoms with Gasteiger partial charge in [0.05, 0.1) is 5.56 Å². The Bertz CT molecular complexity index is 1260. The molecule has 0 bridgehead atoms. The number of hydrogen-bond donors (Lipinski definition) is 4. The van der Waals surface area contributed by atoms with Crippen LogP contribution >= 0.6 is 0 Å². The number of aliphatic hydroxyl groups excluding tert-OH is 1. The summed E-state index contributed by atoms with van der Waals surface area (Å²) in [6.45, 7) is 0.125. The first kappa shape index (κ1) is 25.6. The minimum atomic E-state index is -4.59. The normalized spacial score (nSPS) is 12.2. The lowest BCUT2D eigenvalue weighted by Crippen LogP contribution is -2.34. The highest BCUT2D eigenvalue weighted by atomic mass is 19.4. The molecule has 2 amide bonds. The summed E-state index contributed by atoms with van der Waals surface area (Å²) in [5.41, 5.74) is 6.87. The van der Waals surface area contributed by atoms with Crippen LogP contribution in [0.5, 0.6) is 0 Å². The van der Waals surface area contributed by atoms with Crippen LogP contribution in [0.15, 0.2) is 48.7 Å². The van der Waals surface area contributed by atoms with Gasteiger partial charge in [-0.05, 0) is 53.9 Å². The monoisotopic (exact) mass is 494 g/mol. The summed E-state index contributed by atoms with van der Waals surface area (Å²) in [6, 6.07) is 8.08. The number of aromatic nitrogens is 1.